The van der Waals surface area contributed by atoms with Gasteiger partial charge in [-0.2, -0.15) is 4.68 Å². The molecule has 6 rings (SSSR count). The average molecular weight is 549 g/mol. The van der Waals surface area contributed by atoms with Crippen LogP contribution in [0.3, 0.4) is 0 Å². The molecule has 0 spiro atoms. The van der Waals surface area contributed by atoms with Crippen LogP contribution in [0.4, 0.5) is 0 Å². The van der Waals surface area contributed by atoms with Crippen LogP contribution in [0.15, 0.2) is 87.5 Å². The Morgan fingerprint density at radius 3 is 2.62 bits per heavy atom. The summed E-state index contributed by atoms with van der Waals surface area (Å²) in [5.41, 5.74) is 1.84. The van der Waals surface area contributed by atoms with Gasteiger partial charge in [-0.1, -0.05) is 47.6 Å². The van der Waals surface area contributed by atoms with E-state index in [0.29, 0.717) is 32.9 Å². The Morgan fingerprint density at radius 2 is 1.81 bits per heavy atom. The number of pyridine rings is 1. The number of thioether (sulfide) groups is 2. The quantitative estimate of drug-likeness (QED) is 0.279. The number of rotatable bonds is 6. The molecule has 1 aliphatic heterocycles. The highest BCUT2D eigenvalue weighted by Gasteiger charge is 2.37. The smallest absolute Gasteiger partial charge is 0.280 e. The minimum Gasteiger partial charge on any atom is -0.411 e. The first-order chi connectivity index (χ1) is 18.1. The molecule has 5 aromatic rings. The maximum absolute atomic E-state index is 13.7. The Balaban J connectivity index is 1.39. The van der Waals surface area contributed by atoms with Gasteiger partial charge < -0.3 is 4.42 Å². The Kier molecular flexibility index (Phi) is 6.41. The molecule has 1 saturated heterocycles. The molecule has 2 aromatic carbocycles. The van der Waals surface area contributed by atoms with E-state index in [2.05, 4.69) is 15.2 Å². The summed E-state index contributed by atoms with van der Waals surface area (Å²) in [5.74, 6) is 1.03. The van der Waals surface area contributed by atoms with Crippen molar-refractivity contribution in [3.63, 3.8) is 0 Å². The van der Waals surface area contributed by atoms with Gasteiger partial charge in [0.15, 0.2) is 0 Å². The molecule has 1 aliphatic rings. The van der Waals surface area contributed by atoms with Crippen molar-refractivity contribution in [2.45, 2.75) is 16.3 Å². The summed E-state index contributed by atoms with van der Waals surface area (Å²) in [6.45, 7) is 0. The molecule has 0 aliphatic carbocycles. The van der Waals surface area contributed by atoms with Crippen LogP contribution < -0.4 is 10.6 Å². The third-order valence-corrected chi connectivity index (χ3v) is 7.96. The lowest BCUT2D eigenvalue weighted by molar-refractivity contribution is -0.117. The fraction of sp³-hybridized carbons (Fsp3) is 0.120. The Labute approximate surface area is 223 Å². The normalized spacial score (nSPS) is 15.5. The van der Waals surface area contributed by atoms with Gasteiger partial charge >= 0.3 is 0 Å². The molecule has 0 N–H and O–H groups in total. The van der Waals surface area contributed by atoms with E-state index in [1.165, 1.54) is 33.2 Å². The third-order valence-electron chi connectivity index (χ3n) is 5.69. The molecular weight excluding hydrogens is 532 g/mol. The van der Waals surface area contributed by atoms with Gasteiger partial charge in [0.05, 0.1) is 22.4 Å². The van der Waals surface area contributed by atoms with Crippen molar-refractivity contribution in [1.82, 2.24) is 24.8 Å². The van der Waals surface area contributed by atoms with Crippen LogP contribution in [0.5, 0.6) is 0 Å². The molecule has 1 unspecified atom stereocenters. The monoisotopic (exact) mass is 548 g/mol. The average Bonchev–Trinajstić information content (AvgIpc) is 3.56. The number of fused-ring (bicyclic) bond motifs is 1. The standard InChI is InChI=1S/C25H17ClN6O3S2/c26-17-7-5-16(6-8-17)24-32(21(33)14-36-24)31-20(28-19-4-2-1-3-18(19)23(31)34)13-37-25-30-29-22(35-25)15-9-11-27-12-10-15/h1-12,24H,13-14H2. The van der Waals surface area contributed by atoms with Crippen molar-refractivity contribution < 1.29 is 9.21 Å². The van der Waals surface area contributed by atoms with Crippen LogP contribution in [0.2, 0.25) is 5.02 Å². The molecule has 1 atom stereocenters. The Hall–Kier alpha value is -3.67. The van der Waals surface area contributed by atoms with Gasteiger partial charge in [0.1, 0.15) is 11.2 Å². The number of hydrogen-bond donors (Lipinski definition) is 0. The largest absolute Gasteiger partial charge is 0.411 e. The van der Waals surface area contributed by atoms with Crippen LogP contribution in [0.25, 0.3) is 22.4 Å². The summed E-state index contributed by atoms with van der Waals surface area (Å²) in [6, 6.07) is 17.9. The van der Waals surface area contributed by atoms with Crippen LogP contribution in [-0.4, -0.2) is 36.5 Å². The highest BCUT2D eigenvalue weighted by molar-refractivity contribution is 8.00. The Bertz CT molecular complexity index is 1660. The van der Waals surface area contributed by atoms with Crippen LogP contribution in [0, 0.1) is 0 Å². The summed E-state index contributed by atoms with van der Waals surface area (Å²) < 4.78 is 7.18. The molecule has 4 heterocycles. The van der Waals surface area contributed by atoms with Crippen molar-refractivity contribution in [2.75, 3.05) is 10.8 Å². The third kappa shape index (κ3) is 4.61. The van der Waals surface area contributed by atoms with E-state index in [1.807, 2.05) is 18.2 Å². The van der Waals surface area contributed by atoms with Crippen molar-refractivity contribution in [3.8, 4) is 11.5 Å². The fourth-order valence-corrected chi connectivity index (χ4v) is 5.93. The highest BCUT2D eigenvalue weighted by Crippen LogP contribution is 2.38. The van der Waals surface area contributed by atoms with Gasteiger partial charge in [-0.15, -0.1) is 22.0 Å². The molecular formula is C25H17ClN6O3S2. The van der Waals surface area contributed by atoms with E-state index in [1.54, 1.807) is 54.9 Å². The first-order valence-electron chi connectivity index (χ1n) is 11.2. The number of nitrogens with zero attached hydrogens (tertiary/aromatic N) is 6. The minimum atomic E-state index is -0.407. The number of hydrogen-bond acceptors (Lipinski definition) is 9. The summed E-state index contributed by atoms with van der Waals surface area (Å²) in [4.78, 5) is 35.6. The number of halogens is 1. The first-order valence-corrected chi connectivity index (χ1v) is 13.6. The number of benzene rings is 2. The summed E-state index contributed by atoms with van der Waals surface area (Å²) in [6.07, 6.45) is 3.29. The maximum atomic E-state index is 13.7. The zero-order valence-corrected chi connectivity index (χ0v) is 21.4. The van der Waals surface area contributed by atoms with Crippen molar-refractivity contribution in [2.24, 2.45) is 0 Å². The predicted octanol–water partition coefficient (Wildman–Crippen LogP) is 4.70. The van der Waals surface area contributed by atoms with Gasteiger partial charge in [-0.25, -0.2) is 9.99 Å². The van der Waals surface area contributed by atoms with E-state index in [0.717, 1.165) is 11.1 Å². The van der Waals surface area contributed by atoms with Crippen molar-refractivity contribution in [3.05, 3.63) is 99.8 Å². The van der Waals surface area contributed by atoms with Crippen LogP contribution >= 0.6 is 35.1 Å². The molecule has 12 heteroatoms. The number of para-hydroxylation sites is 1. The molecule has 9 nitrogen and oxygen atoms in total. The van der Waals surface area contributed by atoms with Crippen molar-refractivity contribution in [1.29, 1.82) is 0 Å². The van der Waals surface area contributed by atoms with E-state index < -0.39 is 5.37 Å². The lowest BCUT2D eigenvalue weighted by atomic mass is 10.2. The highest BCUT2D eigenvalue weighted by atomic mass is 35.5. The second-order valence-electron chi connectivity index (χ2n) is 8.01. The van der Waals surface area contributed by atoms with Gasteiger partial charge in [-0.05, 0) is 42.0 Å². The second-order valence-corrected chi connectivity index (χ2v) is 10.4. The Morgan fingerprint density at radius 1 is 1.03 bits per heavy atom. The topological polar surface area (TPSA) is 107 Å². The molecule has 0 radical (unpaired) electrons. The summed E-state index contributed by atoms with van der Waals surface area (Å²) in [5, 5.41) is 10.6. The van der Waals surface area contributed by atoms with E-state index in [4.69, 9.17) is 21.0 Å². The number of amides is 1. The predicted molar refractivity (Wildman–Crippen MR) is 143 cm³/mol. The first kappa shape index (κ1) is 23.7. The van der Waals surface area contributed by atoms with E-state index in [-0.39, 0.29) is 23.0 Å². The number of carbonyl (C=O) groups is 1. The van der Waals surface area contributed by atoms with Gasteiger partial charge in [-0.3, -0.25) is 14.6 Å². The zero-order chi connectivity index (χ0) is 25.4. The van der Waals surface area contributed by atoms with Crippen molar-refractivity contribution >= 4 is 51.9 Å². The molecule has 1 fully saturated rings. The second kappa shape index (κ2) is 10.0. The number of aromatic nitrogens is 5. The molecule has 3 aromatic heterocycles. The van der Waals surface area contributed by atoms with E-state index >= 15 is 0 Å². The lowest BCUT2D eigenvalue weighted by Crippen LogP contribution is -2.46. The maximum Gasteiger partial charge on any atom is 0.280 e. The van der Waals surface area contributed by atoms with Crippen LogP contribution in [-0.2, 0) is 10.5 Å². The molecule has 1 amide bonds. The van der Waals surface area contributed by atoms with Crippen LogP contribution in [0.1, 0.15) is 16.8 Å². The number of carbonyl (C=O) groups excluding carboxylic acids is 1. The summed E-state index contributed by atoms with van der Waals surface area (Å²) in [7, 11) is 0. The zero-order valence-electron chi connectivity index (χ0n) is 19.0. The van der Waals surface area contributed by atoms with Gasteiger partial charge in [0.2, 0.25) is 5.89 Å². The molecule has 184 valence electrons. The summed E-state index contributed by atoms with van der Waals surface area (Å²) >= 11 is 8.76. The SMILES string of the molecule is O=C1CSC(c2ccc(Cl)cc2)N1n1c(CSc2nnc(-c3ccncc3)o2)nc2ccccc2c1=O. The molecule has 0 bridgehead atoms. The molecule has 0 saturated carbocycles. The lowest BCUT2D eigenvalue weighted by Gasteiger charge is -2.27. The fourth-order valence-electron chi connectivity index (χ4n) is 3.99. The van der Waals surface area contributed by atoms with Gasteiger partial charge in [0, 0.05) is 23.0 Å². The van der Waals surface area contributed by atoms with E-state index in [9.17, 15) is 9.59 Å². The molecule has 37 heavy (non-hydrogen) atoms. The minimum absolute atomic E-state index is 0.187. The van der Waals surface area contributed by atoms with Gasteiger partial charge in [0.25, 0.3) is 16.7 Å².